The molecule has 2 atom stereocenters. The summed E-state index contributed by atoms with van der Waals surface area (Å²) in [5.74, 6) is -4.20. The lowest BCUT2D eigenvalue weighted by atomic mass is 9.78. The molecular weight excluding hydrogens is 1250 g/mol. The number of carbonyl (C=O) groups excluding carboxylic acids is 4. The highest BCUT2D eigenvalue weighted by atomic mass is 79.9. The Morgan fingerprint density at radius 2 is 1.09 bits per heavy atom. The molecule has 5 aliphatic rings. The van der Waals surface area contributed by atoms with Crippen molar-refractivity contribution in [2.75, 3.05) is 77.2 Å². The fourth-order valence-electron chi connectivity index (χ4n) is 9.72. The van der Waals surface area contributed by atoms with Crippen LogP contribution in [0.15, 0.2) is 102 Å². The zero-order valence-electron chi connectivity index (χ0n) is 48.3. The molecule has 0 saturated carbocycles. The van der Waals surface area contributed by atoms with Gasteiger partial charge in [-0.05, 0) is 144 Å². The molecule has 0 bridgehead atoms. The van der Waals surface area contributed by atoms with Crippen LogP contribution in [0.1, 0.15) is 70.7 Å². The number of nitrogens with one attached hydrogen (secondary N) is 2. The lowest BCUT2D eigenvalue weighted by Crippen LogP contribution is -2.41. The zero-order chi connectivity index (χ0) is 63.0. The van der Waals surface area contributed by atoms with Gasteiger partial charge in [0.1, 0.15) is 35.3 Å². The summed E-state index contributed by atoms with van der Waals surface area (Å²) in [7, 11) is -0.491. The number of aromatic nitrogens is 2. The second-order valence-electron chi connectivity index (χ2n) is 21.9. The maximum absolute atomic E-state index is 15.2. The first-order valence-electron chi connectivity index (χ1n) is 28.0. The number of benzene rings is 4. The van der Waals surface area contributed by atoms with Gasteiger partial charge < -0.3 is 60.2 Å². The summed E-state index contributed by atoms with van der Waals surface area (Å²) in [6.45, 7) is 11.6. The molecule has 0 radical (unpaired) electrons. The smallest absolute Gasteiger partial charge is 0.486 e. The van der Waals surface area contributed by atoms with E-state index in [1.807, 2.05) is 39.8 Å². The fourth-order valence-corrected chi connectivity index (χ4v) is 10.6. The van der Waals surface area contributed by atoms with Gasteiger partial charge in [-0.1, -0.05) is 35.3 Å². The number of pyridine rings is 2. The predicted molar refractivity (Wildman–Crippen MR) is 329 cm³/mol. The molecular formula is C62H62BBrCl2F4N8O10. The van der Waals surface area contributed by atoms with E-state index in [1.165, 1.54) is 52.3 Å². The van der Waals surface area contributed by atoms with Crippen LogP contribution in [0.3, 0.4) is 0 Å². The first-order chi connectivity index (χ1) is 41.9. The average Bonchev–Trinajstić information content (AvgIpc) is 3.06. The summed E-state index contributed by atoms with van der Waals surface area (Å²) in [6.07, 6.45) is 9.74. The maximum Gasteiger partial charge on any atom is 0.494 e. The molecule has 0 spiro atoms. The van der Waals surface area contributed by atoms with E-state index in [4.69, 9.17) is 62.9 Å². The lowest BCUT2D eigenvalue weighted by Gasteiger charge is -2.32. The molecule has 3 saturated heterocycles. The van der Waals surface area contributed by atoms with Crippen LogP contribution in [0, 0.1) is 23.3 Å². The van der Waals surface area contributed by atoms with Gasteiger partial charge in [0.15, 0.2) is 23.3 Å². The summed E-state index contributed by atoms with van der Waals surface area (Å²) in [5.41, 5.74) is 14.1. The second kappa shape index (κ2) is 28.3. The molecule has 4 amide bonds. The molecule has 4 aromatic carbocycles. The summed E-state index contributed by atoms with van der Waals surface area (Å²) < 4.78 is 91.5. The van der Waals surface area contributed by atoms with Crippen LogP contribution in [0.5, 0.6) is 11.5 Å². The Labute approximate surface area is 524 Å². The van der Waals surface area contributed by atoms with Crippen molar-refractivity contribution in [3.8, 4) is 22.6 Å². The molecule has 6 N–H and O–H groups in total. The lowest BCUT2D eigenvalue weighted by molar-refractivity contribution is -0.117. The molecule has 18 nitrogen and oxygen atoms in total. The monoisotopic (exact) mass is 1310 g/mol. The number of hydrogen-bond donors (Lipinski definition) is 4. The van der Waals surface area contributed by atoms with Gasteiger partial charge in [0.05, 0.1) is 76.4 Å². The number of ether oxygens (including phenoxy) is 4. The number of fused-ring (bicyclic) bond motifs is 2. The van der Waals surface area contributed by atoms with Gasteiger partial charge in [0.25, 0.3) is 11.8 Å². The van der Waals surface area contributed by atoms with Crippen molar-refractivity contribution < 1.29 is 65.0 Å². The number of halogens is 7. The third-order valence-corrected chi connectivity index (χ3v) is 16.4. The molecule has 7 heterocycles. The number of anilines is 2. The van der Waals surface area contributed by atoms with E-state index in [9.17, 15) is 32.3 Å². The van der Waals surface area contributed by atoms with Gasteiger partial charge in [-0.2, -0.15) is 0 Å². The number of nitrogen functional groups attached to an aromatic ring is 2. The fraction of sp³-hybridized carbons (Fsp3) is 0.323. The largest absolute Gasteiger partial charge is 0.494 e. The van der Waals surface area contributed by atoms with Gasteiger partial charge in [0.2, 0.25) is 11.8 Å². The summed E-state index contributed by atoms with van der Waals surface area (Å²) >= 11 is 15.8. The number of morpholine rings is 2. The van der Waals surface area contributed by atoms with E-state index >= 15 is 4.39 Å². The SMILES string of the molecule is CC1(C)OB(c2cc(Cl)c3c(c2)CC(CNC(=O)/C=C/c2ccc(N)nc2)O3)OC1(C)C.Nc1ccc(/C=C/C(=O)NCC2Cc3cc(-c4ccc(C(=O)N5CCOCC5)c(F)c4F)cc(Cl)c3O2)cn1.O=C(c1ccc(Br)c(F)c1F)N1CCOCC1. The average molecular weight is 1320 g/mol. The molecule has 6 aromatic rings. The Balaban J connectivity index is 0.000000169. The number of nitrogens with zero attached hydrogens (tertiary/aromatic N) is 4. The minimum atomic E-state index is -1.21. The van der Waals surface area contributed by atoms with Crippen molar-refractivity contribution in [1.29, 1.82) is 0 Å². The van der Waals surface area contributed by atoms with Gasteiger partial charge in [0, 0.05) is 74.7 Å². The molecule has 462 valence electrons. The van der Waals surface area contributed by atoms with E-state index in [-0.39, 0.29) is 50.6 Å². The molecule has 2 aromatic heterocycles. The third kappa shape index (κ3) is 15.6. The number of carbonyl (C=O) groups is 4. The third-order valence-electron chi connectivity index (χ3n) is 15.2. The highest BCUT2D eigenvalue weighted by Crippen LogP contribution is 2.42. The quantitative estimate of drug-likeness (QED) is 0.0388. The van der Waals surface area contributed by atoms with Gasteiger partial charge in [-0.25, -0.2) is 27.5 Å². The topological polar surface area (TPSA) is 232 Å². The standard InChI is InChI=1S/C28H25ClF2N4O4.C23H27BClN3O4.C11H10BrF2NO2/c29-22-13-17(20-3-4-21(26(31)25(20)30)28(37)35-7-9-38-10-8-35)11-18-12-19(39-27(18)22)15-34-24(36)6-2-16-1-5-23(32)33-14-16;1-22(2)23(3,4)32-24(31-22)16-9-15-10-17(30-21(15)18(25)11-16)13-28-20(29)8-6-14-5-7-19(26)27-12-14;12-8-2-1-7(9(13)10(8)14)11(16)15-3-5-17-6-4-15/h1-6,11,13-14,19H,7-10,12,15H2,(H2,32,33)(H,34,36);5-9,11-12,17H,10,13H2,1-4H3,(H2,26,27)(H,28,29);1-2H,3-6H2/b6-2+;8-6+;. The van der Waals surface area contributed by atoms with Crippen LogP contribution in [0.2, 0.25) is 10.0 Å². The van der Waals surface area contributed by atoms with Crippen molar-refractivity contribution in [1.82, 2.24) is 30.4 Å². The Kier molecular flexibility index (Phi) is 20.9. The van der Waals surface area contributed by atoms with E-state index in [2.05, 4.69) is 36.5 Å². The van der Waals surface area contributed by atoms with Crippen LogP contribution in [-0.2, 0) is 41.2 Å². The molecule has 5 aliphatic heterocycles. The van der Waals surface area contributed by atoms with Gasteiger partial charge in [-0.3, -0.25) is 19.2 Å². The Hall–Kier alpha value is -7.58. The van der Waals surface area contributed by atoms with Crippen molar-refractivity contribution >= 4 is 99.1 Å². The van der Waals surface area contributed by atoms with Gasteiger partial charge >= 0.3 is 7.12 Å². The summed E-state index contributed by atoms with van der Waals surface area (Å²) in [4.78, 5) is 59.9. The van der Waals surface area contributed by atoms with E-state index in [0.29, 0.717) is 111 Å². The number of hydrogen-bond acceptors (Lipinski definition) is 14. The predicted octanol–water partition coefficient (Wildman–Crippen LogP) is 8.82. The van der Waals surface area contributed by atoms with Crippen molar-refractivity contribution in [3.05, 3.63) is 169 Å². The molecule has 11 rings (SSSR count). The van der Waals surface area contributed by atoms with Crippen molar-refractivity contribution in [2.45, 2.75) is 63.9 Å². The van der Waals surface area contributed by atoms with E-state index < -0.39 is 59.5 Å². The number of rotatable bonds is 12. The number of nitrogens with two attached hydrogens (primary N) is 2. The van der Waals surface area contributed by atoms with Gasteiger partial charge in [-0.15, -0.1) is 0 Å². The van der Waals surface area contributed by atoms with Crippen LogP contribution in [0.25, 0.3) is 23.3 Å². The van der Waals surface area contributed by atoms with E-state index in [0.717, 1.165) is 22.2 Å². The van der Waals surface area contributed by atoms with Crippen LogP contribution in [-0.4, -0.2) is 140 Å². The summed E-state index contributed by atoms with van der Waals surface area (Å²) in [5, 5.41) is 6.39. The Morgan fingerprint density at radius 3 is 1.57 bits per heavy atom. The number of amides is 4. The van der Waals surface area contributed by atoms with Crippen LogP contribution < -0.4 is 37.0 Å². The van der Waals surface area contributed by atoms with Crippen molar-refractivity contribution in [2.24, 2.45) is 0 Å². The minimum Gasteiger partial charge on any atom is -0.486 e. The highest BCUT2D eigenvalue weighted by molar-refractivity contribution is 9.10. The molecule has 88 heavy (non-hydrogen) atoms. The first-order valence-corrected chi connectivity index (χ1v) is 29.5. The van der Waals surface area contributed by atoms with Crippen LogP contribution >= 0.6 is 39.1 Å². The highest BCUT2D eigenvalue weighted by Gasteiger charge is 2.52. The van der Waals surface area contributed by atoms with E-state index in [1.54, 1.807) is 54.9 Å². The van der Waals surface area contributed by atoms with Crippen molar-refractivity contribution in [3.63, 3.8) is 0 Å². The first kappa shape index (κ1) is 64.9. The van der Waals surface area contributed by atoms with Crippen LogP contribution in [0.4, 0.5) is 29.2 Å². The molecule has 26 heteroatoms. The Bertz CT molecular complexity index is 3640. The second-order valence-corrected chi connectivity index (χ2v) is 23.6. The minimum absolute atomic E-state index is 0.00790. The summed E-state index contributed by atoms with van der Waals surface area (Å²) in [6, 6.07) is 19.1. The maximum atomic E-state index is 15.2. The molecule has 3 fully saturated rings. The zero-order valence-corrected chi connectivity index (χ0v) is 51.4. The molecule has 2 unspecified atom stereocenters. The normalized spacial score (nSPS) is 18.1. The Morgan fingerprint density at radius 1 is 0.636 bits per heavy atom. The molecule has 0 aliphatic carbocycles.